The molecule has 32 heavy (non-hydrogen) atoms. The van der Waals surface area contributed by atoms with Crippen molar-refractivity contribution in [2.45, 2.75) is 12.8 Å². The lowest BCUT2D eigenvalue weighted by Crippen LogP contribution is -2.40. The predicted octanol–water partition coefficient (Wildman–Crippen LogP) is 4.33. The Morgan fingerprint density at radius 2 is 1.78 bits per heavy atom. The number of esters is 1. The second kappa shape index (κ2) is 9.70. The van der Waals surface area contributed by atoms with Crippen molar-refractivity contribution >= 4 is 56.8 Å². The summed E-state index contributed by atoms with van der Waals surface area (Å²) >= 11 is 4.13. The molecule has 0 aromatic heterocycles. The maximum atomic E-state index is 12.6. The van der Waals surface area contributed by atoms with Crippen molar-refractivity contribution in [3.05, 3.63) is 69.0 Å². The fourth-order valence-electron chi connectivity index (χ4n) is 3.40. The molecular weight excluding hydrogens is 496 g/mol. The van der Waals surface area contributed by atoms with E-state index < -0.39 is 17.1 Å². The third-order valence-corrected chi connectivity index (χ3v) is 6.48. The summed E-state index contributed by atoms with van der Waals surface area (Å²) in [5.41, 5.74) is 1.09. The number of benzene rings is 2. The molecule has 0 aliphatic carbocycles. The van der Waals surface area contributed by atoms with Gasteiger partial charge in [-0.2, -0.15) is 0 Å². The monoisotopic (exact) mass is 514 g/mol. The van der Waals surface area contributed by atoms with Gasteiger partial charge in [0.15, 0.2) is 0 Å². The summed E-state index contributed by atoms with van der Waals surface area (Å²) in [5, 5.41) is -0.451. The van der Waals surface area contributed by atoms with E-state index in [1.54, 1.807) is 53.4 Å². The van der Waals surface area contributed by atoms with Crippen LogP contribution in [0.25, 0.3) is 6.08 Å². The van der Waals surface area contributed by atoms with Crippen molar-refractivity contribution in [2.75, 3.05) is 19.6 Å². The topological polar surface area (TPSA) is 84.0 Å². The Labute approximate surface area is 197 Å². The molecule has 0 atom stereocenters. The smallest absolute Gasteiger partial charge is 0.343 e. The average Bonchev–Trinajstić information content (AvgIpc) is 3.40. The van der Waals surface area contributed by atoms with E-state index in [0.29, 0.717) is 30.0 Å². The highest BCUT2D eigenvalue weighted by molar-refractivity contribution is 9.10. The number of nitrogens with zero attached hydrogens (tertiary/aromatic N) is 2. The fraction of sp³-hybridized carbons (Fsp3) is 0.217. The summed E-state index contributed by atoms with van der Waals surface area (Å²) in [6.45, 7) is 1.11. The highest BCUT2D eigenvalue weighted by Gasteiger charge is 2.37. The minimum atomic E-state index is -0.483. The van der Waals surface area contributed by atoms with Gasteiger partial charge in [0, 0.05) is 17.6 Å². The first-order valence-electron chi connectivity index (χ1n) is 10.0. The number of halogens is 1. The molecule has 2 heterocycles. The van der Waals surface area contributed by atoms with E-state index in [0.717, 1.165) is 34.0 Å². The molecule has 7 nitrogen and oxygen atoms in total. The molecule has 3 amide bonds. The lowest BCUT2D eigenvalue weighted by molar-refractivity contribution is -0.135. The molecule has 2 aromatic carbocycles. The van der Waals surface area contributed by atoms with Crippen LogP contribution in [0.15, 0.2) is 57.9 Å². The lowest BCUT2D eigenvalue weighted by atomic mass is 10.2. The number of carbonyl (C=O) groups is 4. The number of thioether (sulfide) groups is 1. The van der Waals surface area contributed by atoms with Crippen LogP contribution >= 0.6 is 27.7 Å². The predicted molar refractivity (Wildman–Crippen MR) is 124 cm³/mol. The van der Waals surface area contributed by atoms with E-state index in [1.807, 2.05) is 6.07 Å². The van der Waals surface area contributed by atoms with Crippen LogP contribution in [0.2, 0.25) is 0 Å². The zero-order valence-electron chi connectivity index (χ0n) is 17.0. The van der Waals surface area contributed by atoms with Gasteiger partial charge in [-0.25, -0.2) is 4.79 Å². The van der Waals surface area contributed by atoms with Gasteiger partial charge < -0.3 is 9.64 Å². The van der Waals surface area contributed by atoms with Crippen LogP contribution < -0.4 is 4.74 Å². The quantitative estimate of drug-likeness (QED) is 0.335. The first kappa shape index (κ1) is 22.3. The number of carbonyl (C=O) groups excluding carboxylic acids is 4. The summed E-state index contributed by atoms with van der Waals surface area (Å²) in [6, 6.07) is 13.5. The van der Waals surface area contributed by atoms with Gasteiger partial charge in [0.05, 0.1) is 10.5 Å². The lowest BCUT2D eigenvalue weighted by Gasteiger charge is -2.18. The molecule has 2 aliphatic heterocycles. The molecule has 9 heteroatoms. The van der Waals surface area contributed by atoms with Crippen LogP contribution in [0.3, 0.4) is 0 Å². The Bertz CT molecular complexity index is 1110. The normalized spacial score (nSPS) is 17.3. The number of imide groups is 1. The van der Waals surface area contributed by atoms with E-state index >= 15 is 0 Å². The molecule has 0 unspecified atom stereocenters. The molecule has 0 N–H and O–H groups in total. The van der Waals surface area contributed by atoms with Crippen LogP contribution in [0.1, 0.15) is 28.8 Å². The minimum Gasteiger partial charge on any atom is -0.423 e. The van der Waals surface area contributed by atoms with Gasteiger partial charge in [-0.15, -0.1) is 0 Å². The van der Waals surface area contributed by atoms with E-state index in [2.05, 4.69) is 15.9 Å². The first-order valence-corrected chi connectivity index (χ1v) is 11.6. The SMILES string of the molecule is O=C(Oc1ccc(/C=C2\SC(=O)N(CC(=O)N3CCCC3)C2=O)cc1)c1cccc(Br)c1. The summed E-state index contributed by atoms with van der Waals surface area (Å²) in [4.78, 5) is 52.4. The van der Waals surface area contributed by atoms with Crippen molar-refractivity contribution in [2.24, 2.45) is 0 Å². The van der Waals surface area contributed by atoms with Crippen LogP contribution in [0.5, 0.6) is 5.75 Å². The average molecular weight is 515 g/mol. The molecule has 2 saturated heterocycles. The highest BCUT2D eigenvalue weighted by atomic mass is 79.9. The first-order chi connectivity index (χ1) is 15.4. The van der Waals surface area contributed by atoms with E-state index in [-0.39, 0.29) is 17.4 Å². The number of hydrogen-bond donors (Lipinski definition) is 0. The van der Waals surface area contributed by atoms with Crippen LogP contribution in [-0.4, -0.2) is 52.5 Å². The van der Waals surface area contributed by atoms with Gasteiger partial charge >= 0.3 is 5.97 Å². The Morgan fingerprint density at radius 3 is 2.47 bits per heavy atom. The van der Waals surface area contributed by atoms with Crippen LogP contribution in [0.4, 0.5) is 4.79 Å². The number of ether oxygens (including phenoxy) is 1. The minimum absolute atomic E-state index is 0.206. The maximum absolute atomic E-state index is 12.6. The molecular formula is C23H19BrN2O5S. The third kappa shape index (κ3) is 5.11. The second-order valence-electron chi connectivity index (χ2n) is 7.32. The Morgan fingerprint density at radius 1 is 1.06 bits per heavy atom. The molecule has 0 saturated carbocycles. The third-order valence-electron chi connectivity index (χ3n) is 5.07. The molecule has 2 aromatic rings. The van der Waals surface area contributed by atoms with Gasteiger partial charge in [-0.3, -0.25) is 19.3 Å². The fourth-order valence-corrected chi connectivity index (χ4v) is 4.64. The summed E-state index contributed by atoms with van der Waals surface area (Å²) in [6.07, 6.45) is 3.48. The Hall–Kier alpha value is -2.91. The largest absolute Gasteiger partial charge is 0.423 e. The zero-order valence-corrected chi connectivity index (χ0v) is 19.4. The number of rotatable bonds is 5. The van der Waals surface area contributed by atoms with Crippen LogP contribution in [-0.2, 0) is 9.59 Å². The molecule has 164 valence electrons. The van der Waals surface area contributed by atoms with Crippen molar-refractivity contribution in [3.8, 4) is 5.75 Å². The van der Waals surface area contributed by atoms with Crippen molar-refractivity contribution in [3.63, 3.8) is 0 Å². The van der Waals surface area contributed by atoms with Gasteiger partial charge in [-0.05, 0) is 66.6 Å². The van der Waals surface area contributed by atoms with Gasteiger partial charge in [0.25, 0.3) is 11.1 Å². The van der Waals surface area contributed by atoms with E-state index in [1.165, 1.54) is 0 Å². The maximum Gasteiger partial charge on any atom is 0.343 e. The second-order valence-corrected chi connectivity index (χ2v) is 9.23. The molecule has 2 aliphatic rings. The van der Waals surface area contributed by atoms with E-state index in [9.17, 15) is 19.2 Å². The van der Waals surface area contributed by atoms with Crippen molar-refractivity contribution < 1.29 is 23.9 Å². The van der Waals surface area contributed by atoms with Gasteiger partial charge in [0.1, 0.15) is 12.3 Å². The Balaban J connectivity index is 1.40. The number of likely N-dealkylation sites (tertiary alicyclic amines) is 1. The Kier molecular flexibility index (Phi) is 6.76. The van der Waals surface area contributed by atoms with Crippen molar-refractivity contribution in [1.29, 1.82) is 0 Å². The van der Waals surface area contributed by atoms with Gasteiger partial charge in [0.2, 0.25) is 5.91 Å². The summed E-state index contributed by atoms with van der Waals surface area (Å²) in [5.74, 6) is -0.806. The molecule has 0 spiro atoms. The number of amides is 3. The number of hydrogen-bond acceptors (Lipinski definition) is 6. The van der Waals surface area contributed by atoms with Crippen molar-refractivity contribution in [1.82, 2.24) is 9.80 Å². The molecule has 4 rings (SSSR count). The summed E-state index contributed by atoms with van der Waals surface area (Å²) < 4.78 is 6.15. The van der Waals surface area contributed by atoms with E-state index in [4.69, 9.17) is 4.74 Å². The summed E-state index contributed by atoms with van der Waals surface area (Å²) in [7, 11) is 0. The standard InChI is InChI=1S/C23H19BrN2O5S/c24-17-5-3-4-16(13-17)22(29)31-18-8-6-15(7-9-18)12-19-21(28)26(23(30)32-19)14-20(27)25-10-1-2-11-25/h3-9,12-13H,1-2,10-11,14H2/b19-12-. The van der Waals surface area contributed by atoms with Crippen LogP contribution in [0, 0.1) is 0 Å². The molecule has 0 radical (unpaired) electrons. The zero-order chi connectivity index (χ0) is 22.7. The highest BCUT2D eigenvalue weighted by Crippen LogP contribution is 2.32. The molecule has 2 fully saturated rings. The molecule has 0 bridgehead atoms. The van der Waals surface area contributed by atoms with Gasteiger partial charge in [-0.1, -0.05) is 34.1 Å².